The second-order valence-electron chi connectivity index (χ2n) is 4.93. The van der Waals surface area contributed by atoms with E-state index in [9.17, 15) is 14.0 Å². The topological polar surface area (TPSA) is 86.6 Å². The number of halogens is 1. The zero-order valence-electron chi connectivity index (χ0n) is 11.2. The number of anilines is 1. The van der Waals surface area contributed by atoms with E-state index in [0.717, 1.165) is 12.4 Å². The Morgan fingerprint density at radius 2 is 2.10 bits per heavy atom. The molecule has 1 atom stereocenters. The van der Waals surface area contributed by atoms with Gasteiger partial charge in [-0.1, -0.05) is 13.8 Å². The molecule has 0 spiro atoms. The number of carboxylic acid groups (broad SMARTS) is 1. The van der Waals surface area contributed by atoms with Crippen LogP contribution in [0.2, 0.25) is 0 Å². The maximum atomic E-state index is 12.8. The molecule has 0 radical (unpaired) electrons. The van der Waals surface area contributed by atoms with Crippen LogP contribution in [0.15, 0.2) is 12.4 Å². The van der Waals surface area contributed by atoms with Crippen molar-refractivity contribution in [3.63, 3.8) is 0 Å². The normalized spacial score (nSPS) is 19.0. The molecule has 0 bridgehead atoms. The maximum absolute atomic E-state index is 12.8. The van der Waals surface area contributed by atoms with Crippen molar-refractivity contribution >= 4 is 17.9 Å². The Labute approximate surface area is 115 Å². The van der Waals surface area contributed by atoms with Crippen molar-refractivity contribution in [3.05, 3.63) is 18.2 Å². The van der Waals surface area contributed by atoms with Gasteiger partial charge in [-0.05, 0) is 5.92 Å². The summed E-state index contributed by atoms with van der Waals surface area (Å²) >= 11 is 0. The third-order valence-electron chi connectivity index (χ3n) is 3.17. The van der Waals surface area contributed by atoms with Crippen molar-refractivity contribution in [1.82, 2.24) is 14.9 Å². The molecule has 1 aliphatic rings. The van der Waals surface area contributed by atoms with Gasteiger partial charge in [0.05, 0.1) is 25.0 Å². The SMILES string of the molecule is CC(C)[C@H]1CN(c2ncc(F)cn2)C(=O)N1CC(=O)O. The molecule has 1 aliphatic heterocycles. The Morgan fingerprint density at radius 1 is 1.50 bits per heavy atom. The average molecular weight is 282 g/mol. The summed E-state index contributed by atoms with van der Waals surface area (Å²) in [5, 5.41) is 8.89. The minimum Gasteiger partial charge on any atom is -0.480 e. The molecule has 2 amide bonds. The van der Waals surface area contributed by atoms with Crippen molar-refractivity contribution in [1.29, 1.82) is 0 Å². The highest BCUT2D eigenvalue weighted by atomic mass is 19.1. The highest BCUT2D eigenvalue weighted by molar-refractivity contribution is 5.94. The summed E-state index contributed by atoms with van der Waals surface area (Å²) in [6, 6.07) is -0.718. The van der Waals surface area contributed by atoms with Gasteiger partial charge < -0.3 is 10.0 Å². The third-order valence-corrected chi connectivity index (χ3v) is 3.17. The molecular weight excluding hydrogens is 267 g/mol. The molecule has 20 heavy (non-hydrogen) atoms. The molecule has 0 unspecified atom stereocenters. The van der Waals surface area contributed by atoms with Gasteiger partial charge in [0.15, 0.2) is 5.82 Å². The van der Waals surface area contributed by atoms with Crippen LogP contribution in [0.3, 0.4) is 0 Å². The van der Waals surface area contributed by atoms with Crippen molar-refractivity contribution in [2.45, 2.75) is 19.9 Å². The van der Waals surface area contributed by atoms with Crippen LogP contribution in [-0.4, -0.2) is 51.1 Å². The first-order valence-corrected chi connectivity index (χ1v) is 6.17. The Bertz CT molecular complexity index is 520. The van der Waals surface area contributed by atoms with Gasteiger partial charge in [0.25, 0.3) is 0 Å². The molecule has 7 nitrogen and oxygen atoms in total. The second kappa shape index (κ2) is 5.40. The van der Waals surface area contributed by atoms with Crippen LogP contribution >= 0.6 is 0 Å². The minimum absolute atomic E-state index is 0.0786. The molecule has 2 heterocycles. The van der Waals surface area contributed by atoms with Gasteiger partial charge in [-0.3, -0.25) is 9.69 Å². The number of amides is 2. The zero-order valence-corrected chi connectivity index (χ0v) is 11.2. The number of aromatic nitrogens is 2. The van der Waals surface area contributed by atoms with Crippen molar-refractivity contribution < 1.29 is 19.1 Å². The fourth-order valence-corrected chi connectivity index (χ4v) is 2.17. The van der Waals surface area contributed by atoms with Crippen LogP contribution in [0.1, 0.15) is 13.8 Å². The Balaban J connectivity index is 2.26. The van der Waals surface area contributed by atoms with Crippen LogP contribution in [0, 0.1) is 11.7 Å². The maximum Gasteiger partial charge on any atom is 0.327 e. The molecule has 1 N–H and O–H groups in total. The number of carboxylic acids is 1. The standard InChI is InChI=1S/C12H15FN4O3/c1-7(2)9-5-17(11-14-3-8(13)4-15-11)12(20)16(9)6-10(18)19/h3-4,7,9H,5-6H2,1-2H3,(H,18,19)/t9-/m1/s1. The van der Waals surface area contributed by atoms with Crippen LogP contribution < -0.4 is 4.90 Å². The van der Waals surface area contributed by atoms with E-state index < -0.39 is 17.8 Å². The van der Waals surface area contributed by atoms with Gasteiger partial charge >= 0.3 is 12.0 Å². The first kappa shape index (κ1) is 14.2. The number of hydrogen-bond donors (Lipinski definition) is 1. The molecule has 8 heteroatoms. The van der Waals surface area contributed by atoms with E-state index in [1.54, 1.807) is 0 Å². The fraction of sp³-hybridized carbons (Fsp3) is 0.500. The quantitative estimate of drug-likeness (QED) is 0.889. The highest BCUT2D eigenvalue weighted by Crippen LogP contribution is 2.24. The predicted molar refractivity (Wildman–Crippen MR) is 67.7 cm³/mol. The van der Waals surface area contributed by atoms with Gasteiger partial charge in [-0.15, -0.1) is 0 Å². The lowest BCUT2D eigenvalue weighted by atomic mass is 10.0. The molecule has 108 valence electrons. The lowest BCUT2D eigenvalue weighted by molar-refractivity contribution is -0.138. The highest BCUT2D eigenvalue weighted by Gasteiger charge is 2.41. The Morgan fingerprint density at radius 3 is 2.60 bits per heavy atom. The molecule has 1 aromatic heterocycles. The Kier molecular flexibility index (Phi) is 3.82. The van der Waals surface area contributed by atoms with Crippen molar-refractivity contribution in [2.24, 2.45) is 5.92 Å². The largest absolute Gasteiger partial charge is 0.480 e. The molecule has 0 aromatic carbocycles. The van der Waals surface area contributed by atoms with Gasteiger partial charge in [0, 0.05) is 0 Å². The van der Waals surface area contributed by atoms with Gasteiger partial charge in [0.2, 0.25) is 5.95 Å². The monoisotopic (exact) mass is 282 g/mol. The van der Waals surface area contributed by atoms with Crippen LogP contribution in [-0.2, 0) is 4.79 Å². The molecule has 0 saturated carbocycles. The van der Waals surface area contributed by atoms with Gasteiger partial charge in [-0.2, -0.15) is 0 Å². The van der Waals surface area contributed by atoms with E-state index in [2.05, 4.69) is 9.97 Å². The summed E-state index contributed by atoms with van der Waals surface area (Å²) in [5.74, 6) is -1.51. The van der Waals surface area contributed by atoms with Crippen molar-refractivity contribution in [3.8, 4) is 0 Å². The summed E-state index contributed by atoms with van der Waals surface area (Å²) in [6.07, 6.45) is 1.94. The fourth-order valence-electron chi connectivity index (χ4n) is 2.17. The third kappa shape index (κ3) is 2.68. The molecule has 1 fully saturated rings. The van der Waals surface area contributed by atoms with Crippen LogP contribution in [0.25, 0.3) is 0 Å². The zero-order chi connectivity index (χ0) is 14.9. The number of aliphatic carboxylic acids is 1. The number of carbonyl (C=O) groups excluding carboxylic acids is 1. The molecule has 1 aromatic rings. The number of urea groups is 1. The summed E-state index contributed by atoms with van der Waals surface area (Å²) in [4.78, 5) is 33.2. The summed E-state index contributed by atoms with van der Waals surface area (Å²) in [7, 11) is 0. The number of hydrogen-bond acceptors (Lipinski definition) is 4. The summed E-state index contributed by atoms with van der Waals surface area (Å²) in [5.41, 5.74) is 0. The smallest absolute Gasteiger partial charge is 0.327 e. The minimum atomic E-state index is -1.08. The summed E-state index contributed by atoms with van der Waals surface area (Å²) in [6.45, 7) is 3.72. The number of carbonyl (C=O) groups is 2. The summed E-state index contributed by atoms with van der Waals surface area (Å²) < 4.78 is 12.8. The number of nitrogens with zero attached hydrogens (tertiary/aromatic N) is 4. The lowest BCUT2D eigenvalue weighted by Crippen LogP contribution is -2.41. The van der Waals surface area contributed by atoms with Crippen LogP contribution in [0.5, 0.6) is 0 Å². The lowest BCUT2D eigenvalue weighted by Gasteiger charge is -2.23. The molecular formula is C12H15FN4O3. The van der Waals surface area contributed by atoms with Gasteiger partial charge in [-0.25, -0.2) is 19.2 Å². The van der Waals surface area contributed by atoms with E-state index in [1.807, 2.05) is 13.8 Å². The van der Waals surface area contributed by atoms with Gasteiger partial charge in [0.1, 0.15) is 6.54 Å². The first-order valence-electron chi connectivity index (χ1n) is 6.17. The van der Waals surface area contributed by atoms with E-state index in [4.69, 9.17) is 5.11 Å². The molecule has 0 aliphatic carbocycles. The van der Waals surface area contributed by atoms with Crippen molar-refractivity contribution in [2.75, 3.05) is 18.0 Å². The van der Waals surface area contributed by atoms with E-state index in [0.29, 0.717) is 0 Å². The second-order valence-corrected chi connectivity index (χ2v) is 4.93. The van der Waals surface area contributed by atoms with E-state index in [-0.39, 0.29) is 31.0 Å². The Hall–Kier alpha value is -2.25. The van der Waals surface area contributed by atoms with E-state index >= 15 is 0 Å². The van der Waals surface area contributed by atoms with Crippen LogP contribution in [0.4, 0.5) is 15.1 Å². The van der Waals surface area contributed by atoms with E-state index in [1.165, 1.54) is 9.80 Å². The average Bonchev–Trinajstić information content (AvgIpc) is 2.68. The first-order chi connectivity index (χ1) is 9.40. The molecule has 1 saturated heterocycles. The number of rotatable bonds is 4. The predicted octanol–water partition coefficient (Wildman–Crippen LogP) is 0.967. The molecule has 2 rings (SSSR count).